The molecule has 1 unspecified atom stereocenters. The normalized spacial score (nSPS) is 16.6. The zero-order chi connectivity index (χ0) is 16.8. The number of nitrogens with zero attached hydrogens (tertiary/aromatic N) is 3. The van der Waals surface area contributed by atoms with Crippen LogP contribution in [0.1, 0.15) is 37.7 Å². The predicted octanol–water partition coefficient (Wildman–Crippen LogP) is 3.07. The maximum atomic E-state index is 12.9. The third kappa shape index (κ3) is 3.91. The molecule has 0 radical (unpaired) electrons. The molecule has 1 aliphatic rings. The fourth-order valence-electron chi connectivity index (χ4n) is 3.29. The zero-order valence-electron chi connectivity index (χ0n) is 14.1. The fraction of sp³-hybridized carbons (Fsp3) is 0.421. The van der Waals surface area contributed by atoms with Crippen molar-refractivity contribution in [3.8, 4) is 0 Å². The van der Waals surface area contributed by atoms with Gasteiger partial charge in [0.25, 0.3) is 0 Å². The molecule has 0 aliphatic carbocycles. The van der Waals surface area contributed by atoms with Crippen LogP contribution in [0.5, 0.6) is 0 Å². The quantitative estimate of drug-likeness (QED) is 0.918. The third-order valence-corrected chi connectivity index (χ3v) is 4.63. The monoisotopic (exact) mass is 324 g/mol. The van der Waals surface area contributed by atoms with Crippen LogP contribution in [-0.4, -0.2) is 39.9 Å². The van der Waals surface area contributed by atoms with Crippen molar-refractivity contribution in [3.63, 3.8) is 0 Å². The van der Waals surface area contributed by atoms with Gasteiger partial charge in [0.1, 0.15) is 5.82 Å². The second-order valence-electron chi connectivity index (χ2n) is 6.21. The van der Waals surface area contributed by atoms with E-state index in [1.807, 2.05) is 23.1 Å². The first-order valence-electron chi connectivity index (χ1n) is 8.64. The molecule has 2 aromatic rings. The number of amides is 1. The predicted molar refractivity (Wildman–Crippen MR) is 94.7 cm³/mol. The molecule has 1 amide bonds. The Hall–Kier alpha value is -2.43. The van der Waals surface area contributed by atoms with Crippen LogP contribution in [0.3, 0.4) is 0 Å². The molecular weight excluding hydrogens is 300 g/mol. The Morgan fingerprint density at radius 3 is 2.62 bits per heavy atom. The van der Waals surface area contributed by atoms with Gasteiger partial charge in [-0.25, -0.2) is 4.98 Å². The van der Waals surface area contributed by atoms with Crippen LogP contribution < -0.4 is 5.32 Å². The maximum absolute atomic E-state index is 12.9. The first-order chi connectivity index (χ1) is 11.8. The lowest BCUT2D eigenvalue weighted by Crippen LogP contribution is -2.44. The Balaban J connectivity index is 1.56. The molecule has 0 saturated carbocycles. The molecule has 126 valence electrons. The number of benzene rings is 1. The number of anilines is 1. The highest BCUT2D eigenvalue weighted by molar-refractivity contribution is 5.83. The number of carbonyl (C=O) groups excluding carboxylic acids is 1. The minimum absolute atomic E-state index is 0.0318. The summed E-state index contributed by atoms with van der Waals surface area (Å²) in [5.74, 6) is 1.02. The van der Waals surface area contributed by atoms with E-state index in [-0.39, 0.29) is 11.8 Å². The van der Waals surface area contributed by atoms with Gasteiger partial charge in [-0.15, -0.1) is 0 Å². The Kier molecular flexibility index (Phi) is 5.41. The SMILES string of the molecule is CCC(C(=O)N1CCC(Nc2cnccn2)CC1)c1ccccc1. The summed E-state index contributed by atoms with van der Waals surface area (Å²) in [6, 6.07) is 10.4. The van der Waals surface area contributed by atoms with Crippen molar-refractivity contribution in [1.29, 1.82) is 0 Å². The number of hydrogen-bond donors (Lipinski definition) is 1. The Morgan fingerprint density at radius 1 is 1.25 bits per heavy atom. The Bertz CT molecular complexity index is 639. The van der Waals surface area contributed by atoms with Gasteiger partial charge in [-0.2, -0.15) is 0 Å². The smallest absolute Gasteiger partial charge is 0.230 e. The molecule has 1 N–H and O–H groups in total. The Labute approximate surface area is 143 Å². The van der Waals surface area contributed by atoms with Crippen LogP contribution >= 0.6 is 0 Å². The van der Waals surface area contributed by atoms with Crippen molar-refractivity contribution in [1.82, 2.24) is 14.9 Å². The van der Waals surface area contributed by atoms with Crippen LogP contribution in [0, 0.1) is 0 Å². The number of likely N-dealkylation sites (tertiary alicyclic amines) is 1. The number of hydrogen-bond acceptors (Lipinski definition) is 4. The zero-order valence-corrected chi connectivity index (χ0v) is 14.1. The van der Waals surface area contributed by atoms with Crippen molar-refractivity contribution in [2.24, 2.45) is 0 Å². The fourth-order valence-corrected chi connectivity index (χ4v) is 3.29. The Morgan fingerprint density at radius 2 is 2.00 bits per heavy atom. The molecule has 5 nitrogen and oxygen atoms in total. The van der Waals surface area contributed by atoms with Gasteiger partial charge < -0.3 is 10.2 Å². The highest BCUT2D eigenvalue weighted by Crippen LogP contribution is 2.24. The summed E-state index contributed by atoms with van der Waals surface area (Å²) < 4.78 is 0. The van der Waals surface area contributed by atoms with Crippen LogP contribution in [0.15, 0.2) is 48.9 Å². The molecule has 1 fully saturated rings. The first-order valence-corrected chi connectivity index (χ1v) is 8.64. The molecule has 1 aromatic heterocycles. The number of nitrogens with one attached hydrogen (secondary N) is 1. The van der Waals surface area contributed by atoms with E-state index in [1.54, 1.807) is 18.6 Å². The lowest BCUT2D eigenvalue weighted by Gasteiger charge is -2.34. The number of rotatable bonds is 5. The van der Waals surface area contributed by atoms with Gasteiger partial charge in [0, 0.05) is 31.5 Å². The molecule has 0 bridgehead atoms. The van der Waals surface area contributed by atoms with Gasteiger partial charge in [-0.05, 0) is 24.8 Å². The lowest BCUT2D eigenvalue weighted by atomic mass is 9.93. The summed E-state index contributed by atoms with van der Waals surface area (Å²) in [5, 5.41) is 3.40. The molecule has 1 aliphatic heterocycles. The van der Waals surface area contributed by atoms with Gasteiger partial charge in [0.15, 0.2) is 0 Å². The number of carbonyl (C=O) groups is 1. The minimum atomic E-state index is -0.0318. The van der Waals surface area contributed by atoms with Crippen molar-refractivity contribution in [2.75, 3.05) is 18.4 Å². The molecule has 2 heterocycles. The van der Waals surface area contributed by atoms with Crippen molar-refractivity contribution in [3.05, 3.63) is 54.5 Å². The van der Waals surface area contributed by atoms with E-state index >= 15 is 0 Å². The maximum Gasteiger partial charge on any atom is 0.230 e. The minimum Gasteiger partial charge on any atom is -0.366 e. The van der Waals surface area contributed by atoms with Gasteiger partial charge in [0.2, 0.25) is 5.91 Å². The van der Waals surface area contributed by atoms with Crippen molar-refractivity contribution < 1.29 is 4.79 Å². The largest absolute Gasteiger partial charge is 0.366 e. The van der Waals surface area contributed by atoms with Crippen molar-refractivity contribution >= 4 is 11.7 Å². The highest BCUT2D eigenvalue weighted by Gasteiger charge is 2.28. The average Bonchev–Trinajstić information content (AvgIpc) is 2.65. The van der Waals surface area contributed by atoms with Crippen molar-refractivity contribution in [2.45, 2.75) is 38.1 Å². The topological polar surface area (TPSA) is 58.1 Å². The van der Waals surface area contributed by atoms with E-state index in [0.717, 1.165) is 43.7 Å². The second kappa shape index (κ2) is 7.90. The first kappa shape index (κ1) is 16.4. The van der Waals surface area contributed by atoms with E-state index in [1.165, 1.54) is 0 Å². The molecule has 1 aromatic carbocycles. The average molecular weight is 324 g/mol. The molecule has 24 heavy (non-hydrogen) atoms. The van der Waals surface area contributed by atoms with Crippen LogP contribution in [0.4, 0.5) is 5.82 Å². The summed E-state index contributed by atoms with van der Waals surface area (Å²) in [7, 11) is 0. The lowest BCUT2D eigenvalue weighted by molar-refractivity contribution is -0.133. The summed E-state index contributed by atoms with van der Waals surface area (Å²) >= 11 is 0. The summed E-state index contributed by atoms with van der Waals surface area (Å²) in [6.07, 6.45) is 7.80. The van der Waals surface area contributed by atoms with E-state index in [2.05, 4.69) is 34.3 Å². The van der Waals surface area contributed by atoms with Crippen LogP contribution in [-0.2, 0) is 4.79 Å². The highest BCUT2D eigenvalue weighted by atomic mass is 16.2. The van der Waals surface area contributed by atoms with Crippen LogP contribution in [0.2, 0.25) is 0 Å². The molecule has 3 rings (SSSR count). The number of aromatic nitrogens is 2. The van der Waals surface area contributed by atoms with E-state index in [9.17, 15) is 4.79 Å². The molecule has 5 heteroatoms. The molecule has 0 spiro atoms. The summed E-state index contributed by atoms with van der Waals surface area (Å²) in [4.78, 5) is 23.2. The van der Waals surface area contributed by atoms with Gasteiger partial charge >= 0.3 is 0 Å². The van der Waals surface area contributed by atoms with Crippen LogP contribution in [0.25, 0.3) is 0 Å². The van der Waals surface area contributed by atoms with Gasteiger partial charge in [-0.1, -0.05) is 37.3 Å². The standard InChI is InChI=1S/C19H24N4O/c1-2-17(15-6-4-3-5-7-15)19(24)23-12-8-16(9-13-23)22-18-14-20-10-11-21-18/h3-7,10-11,14,16-17H,2,8-9,12-13H2,1H3,(H,21,22). The van der Waals surface area contributed by atoms with Gasteiger partial charge in [0.05, 0.1) is 12.1 Å². The second-order valence-corrected chi connectivity index (χ2v) is 6.21. The van der Waals surface area contributed by atoms with E-state index < -0.39 is 0 Å². The van der Waals surface area contributed by atoms with E-state index in [4.69, 9.17) is 0 Å². The van der Waals surface area contributed by atoms with E-state index in [0.29, 0.717) is 6.04 Å². The third-order valence-electron chi connectivity index (χ3n) is 4.63. The number of piperidine rings is 1. The molecule has 1 atom stereocenters. The van der Waals surface area contributed by atoms with Gasteiger partial charge in [-0.3, -0.25) is 9.78 Å². The molecular formula is C19H24N4O. The summed E-state index contributed by atoms with van der Waals surface area (Å²) in [6.45, 7) is 3.66. The summed E-state index contributed by atoms with van der Waals surface area (Å²) in [5.41, 5.74) is 1.12. The molecule has 1 saturated heterocycles.